The number of epoxide rings is 2. The largest absolute Gasteiger partial charge is 0.490 e. The van der Waals surface area contributed by atoms with E-state index in [1.807, 2.05) is 0 Å². The maximum atomic E-state index is 6.19. The highest BCUT2D eigenvalue weighted by molar-refractivity contribution is 5.78. The molecule has 8 rings (SSSR count). The van der Waals surface area contributed by atoms with Crippen molar-refractivity contribution >= 4 is 11.1 Å². The number of ether oxygens (including phenoxy) is 4. The second-order valence-corrected chi connectivity index (χ2v) is 13.2. The third kappa shape index (κ3) is 6.84. The van der Waals surface area contributed by atoms with E-state index in [9.17, 15) is 0 Å². The predicted octanol–water partition coefficient (Wildman–Crippen LogP) is 9.64. The van der Waals surface area contributed by atoms with Gasteiger partial charge in [-0.1, -0.05) is 84.9 Å². The topological polar surface area (TPSA) is 43.5 Å². The summed E-state index contributed by atoms with van der Waals surface area (Å²) in [6, 6.07) is 34.7. The number of hydrogen-bond donors (Lipinski definition) is 0. The van der Waals surface area contributed by atoms with E-state index in [1.54, 1.807) is 0 Å². The van der Waals surface area contributed by atoms with E-state index in [2.05, 4.69) is 109 Å². The van der Waals surface area contributed by atoms with Crippen molar-refractivity contribution in [1.29, 1.82) is 0 Å². The molecule has 4 aromatic carbocycles. The highest BCUT2D eigenvalue weighted by Crippen LogP contribution is 2.43. The minimum atomic E-state index is 0.242. The van der Waals surface area contributed by atoms with Crippen molar-refractivity contribution in [3.05, 3.63) is 120 Å². The van der Waals surface area contributed by atoms with Crippen LogP contribution in [-0.4, -0.2) is 38.6 Å². The molecule has 234 valence electrons. The Kier molecular flexibility index (Phi) is 8.48. The lowest BCUT2D eigenvalue weighted by Gasteiger charge is -2.32. The molecule has 2 heterocycles. The minimum Gasteiger partial charge on any atom is -0.490 e. The molecule has 46 heavy (non-hydrogen) atoms. The first-order valence-corrected chi connectivity index (χ1v) is 17.0. The van der Waals surface area contributed by atoms with Gasteiger partial charge in [-0.2, -0.15) is 0 Å². The maximum Gasteiger partial charge on any atom is 0.127 e. The van der Waals surface area contributed by atoms with Crippen molar-refractivity contribution in [1.82, 2.24) is 0 Å². The van der Waals surface area contributed by atoms with Gasteiger partial charge in [0.25, 0.3) is 0 Å². The second-order valence-electron chi connectivity index (χ2n) is 13.2. The van der Waals surface area contributed by atoms with Crippen LogP contribution in [0.15, 0.2) is 109 Å². The predicted molar refractivity (Wildman–Crippen MR) is 185 cm³/mol. The number of hydrogen-bond acceptors (Lipinski definition) is 4. The van der Waals surface area contributed by atoms with Crippen LogP contribution in [0.4, 0.5) is 0 Å². The van der Waals surface area contributed by atoms with E-state index in [4.69, 9.17) is 18.9 Å². The summed E-state index contributed by atoms with van der Waals surface area (Å²) in [6.45, 7) is 2.84. The average molecular weight is 611 g/mol. The fourth-order valence-corrected chi connectivity index (χ4v) is 7.18. The molecule has 4 heteroatoms. The van der Waals surface area contributed by atoms with Crippen molar-refractivity contribution in [3.8, 4) is 33.8 Å². The van der Waals surface area contributed by atoms with Gasteiger partial charge in [0.15, 0.2) is 0 Å². The van der Waals surface area contributed by atoms with Gasteiger partial charge in [-0.3, -0.25) is 0 Å². The average Bonchev–Trinajstić information content (AvgIpc) is 4.07. The summed E-state index contributed by atoms with van der Waals surface area (Å²) in [5.41, 5.74) is 10.3. The monoisotopic (exact) mass is 610 g/mol. The molecular weight excluding hydrogens is 568 g/mol. The van der Waals surface area contributed by atoms with Gasteiger partial charge in [-0.25, -0.2) is 0 Å². The van der Waals surface area contributed by atoms with Gasteiger partial charge in [0, 0.05) is 11.1 Å². The van der Waals surface area contributed by atoms with Gasteiger partial charge in [-0.15, -0.1) is 0 Å². The van der Waals surface area contributed by atoms with Crippen molar-refractivity contribution in [2.24, 2.45) is 11.8 Å². The molecule has 2 saturated heterocycles. The Hall–Kier alpha value is -4.12. The van der Waals surface area contributed by atoms with Crippen LogP contribution in [0, 0.1) is 11.8 Å². The summed E-state index contributed by atoms with van der Waals surface area (Å²) in [4.78, 5) is 0. The molecule has 0 aromatic heterocycles. The summed E-state index contributed by atoms with van der Waals surface area (Å²) in [5, 5.41) is 0. The molecule has 2 aliphatic heterocycles. The molecule has 0 bridgehead atoms. The van der Waals surface area contributed by atoms with E-state index in [1.165, 1.54) is 57.4 Å². The highest BCUT2D eigenvalue weighted by Gasteiger charge is 2.28. The van der Waals surface area contributed by atoms with Crippen LogP contribution in [0.1, 0.15) is 49.7 Å². The lowest BCUT2D eigenvalue weighted by molar-refractivity contribution is 0.264. The number of benzene rings is 4. The normalized spacial score (nSPS) is 23.7. The van der Waals surface area contributed by atoms with E-state index in [0.717, 1.165) is 62.2 Å². The Morgan fingerprint density at radius 2 is 0.957 bits per heavy atom. The zero-order valence-corrected chi connectivity index (χ0v) is 26.4. The Morgan fingerprint density at radius 1 is 0.522 bits per heavy atom. The Labute approximate surface area is 272 Å². The Bertz CT molecular complexity index is 1590. The molecule has 4 aromatic rings. The van der Waals surface area contributed by atoms with Crippen LogP contribution in [0.2, 0.25) is 0 Å². The molecule has 0 amide bonds. The van der Waals surface area contributed by atoms with E-state index >= 15 is 0 Å². The van der Waals surface area contributed by atoms with E-state index in [0.29, 0.717) is 13.2 Å². The summed E-state index contributed by atoms with van der Waals surface area (Å²) in [7, 11) is 0. The van der Waals surface area contributed by atoms with Crippen molar-refractivity contribution in [2.45, 2.75) is 50.7 Å². The smallest absolute Gasteiger partial charge is 0.127 e. The summed E-state index contributed by atoms with van der Waals surface area (Å²) >= 11 is 0. The van der Waals surface area contributed by atoms with Gasteiger partial charge in [0.1, 0.15) is 36.9 Å². The summed E-state index contributed by atoms with van der Waals surface area (Å²) in [5.74, 6) is 3.37. The van der Waals surface area contributed by atoms with Crippen LogP contribution in [0.5, 0.6) is 11.5 Å². The van der Waals surface area contributed by atoms with Gasteiger partial charge < -0.3 is 18.9 Å². The van der Waals surface area contributed by atoms with Crippen molar-refractivity contribution < 1.29 is 18.9 Å². The van der Waals surface area contributed by atoms with Crippen LogP contribution in [-0.2, 0) is 9.47 Å². The van der Waals surface area contributed by atoms with Gasteiger partial charge in [0.2, 0.25) is 0 Å². The van der Waals surface area contributed by atoms with Crippen LogP contribution >= 0.6 is 0 Å². The molecule has 0 radical (unpaired) electrons. The van der Waals surface area contributed by atoms with Crippen molar-refractivity contribution in [3.63, 3.8) is 0 Å². The zero-order valence-electron chi connectivity index (χ0n) is 26.4. The van der Waals surface area contributed by atoms with Crippen LogP contribution < -0.4 is 9.47 Å². The first kappa shape index (κ1) is 29.3. The molecule has 2 aliphatic carbocycles. The quantitative estimate of drug-likeness (QED) is 0.159. The fourth-order valence-electron chi connectivity index (χ4n) is 7.18. The molecular formula is C42H42O4. The van der Waals surface area contributed by atoms with Crippen molar-refractivity contribution in [2.75, 3.05) is 26.4 Å². The molecule has 2 fully saturated rings. The molecule has 0 saturated carbocycles. The van der Waals surface area contributed by atoms with E-state index < -0.39 is 0 Å². The summed E-state index contributed by atoms with van der Waals surface area (Å²) < 4.78 is 23.1. The third-order valence-corrected chi connectivity index (χ3v) is 10.1. The minimum absolute atomic E-state index is 0.242. The fraction of sp³-hybridized carbons (Fsp3) is 0.333. The number of rotatable bonds is 11. The van der Waals surface area contributed by atoms with Crippen LogP contribution in [0.25, 0.3) is 33.4 Å². The van der Waals surface area contributed by atoms with Gasteiger partial charge >= 0.3 is 0 Å². The SMILES string of the molecule is C1=C(c2ccc(OCC3CO3)c(-c3ccccc3)c2)CCC(C2CC=C(c3ccc(OCC4CO4)c(-c4ccccc4)c3)CC2)C1. The van der Waals surface area contributed by atoms with Gasteiger partial charge in [0.05, 0.1) is 13.2 Å². The second kappa shape index (κ2) is 13.3. The lowest BCUT2D eigenvalue weighted by atomic mass is 9.73. The highest BCUT2D eigenvalue weighted by atomic mass is 16.6. The molecule has 4 nitrogen and oxygen atoms in total. The molecule has 0 N–H and O–H groups in total. The first-order valence-electron chi connectivity index (χ1n) is 17.0. The lowest BCUT2D eigenvalue weighted by Crippen LogP contribution is -2.19. The van der Waals surface area contributed by atoms with Gasteiger partial charge in [-0.05, 0) is 108 Å². The number of allylic oxidation sites excluding steroid dienone is 4. The Morgan fingerprint density at radius 3 is 1.33 bits per heavy atom. The maximum absolute atomic E-state index is 6.19. The standard InChI is InChI=1S/C42H42O4/c1-3-7-33(8-4-1)39-23-35(19-21-41(39)45-27-37-25-43-37)31-15-11-29(12-16-31)30-13-17-32(18-14-30)36-20-22-42(46-28-38-26-44-38)40(24-36)34-9-5-2-6-10-34/h1-10,15,17,19-24,29-30,37-38H,11-14,16,18,25-28H2. The Balaban J connectivity index is 0.947. The summed E-state index contributed by atoms with van der Waals surface area (Å²) in [6.07, 6.45) is 12.6. The van der Waals surface area contributed by atoms with E-state index in [-0.39, 0.29) is 12.2 Å². The molecule has 4 atom stereocenters. The first-order chi connectivity index (χ1) is 22.8. The zero-order chi connectivity index (χ0) is 30.7. The molecule has 4 unspecified atom stereocenters. The molecule has 0 spiro atoms. The van der Waals surface area contributed by atoms with Crippen LogP contribution in [0.3, 0.4) is 0 Å². The third-order valence-electron chi connectivity index (χ3n) is 10.1. The molecule has 4 aliphatic rings.